The molecule has 58 valence electrons. The molecule has 2 heteroatoms. The van der Waals surface area contributed by atoms with Crippen LogP contribution in [0.1, 0.15) is 0 Å². The van der Waals surface area contributed by atoms with Crippen molar-refractivity contribution in [3.05, 3.63) is 36.8 Å². The smallest absolute Gasteiger partial charge is 0.119 e. The van der Waals surface area contributed by atoms with Gasteiger partial charge in [0.2, 0.25) is 0 Å². The number of hydrogen-bond acceptors (Lipinski definition) is 1. The maximum Gasteiger partial charge on any atom is 0.119 e. The van der Waals surface area contributed by atoms with Crippen LogP contribution in [0.4, 0.5) is 0 Å². The highest BCUT2D eigenvalue weighted by Crippen LogP contribution is 2.07. The van der Waals surface area contributed by atoms with Crippen molar-refractivity contribution in [2.75, 3.05) is 13.2 Å². The van der Waals surface area contributed by atoms with E-state index in [0.29, 0.717) is 6.61 Å². The number of ether oxygens (including phenoxy) is 1. The summed E-state index contributed by atoms with van der Waals surface area (Å²) >= 11 is 0. The minimum atomic E-state index is -0.188. The van der Waals surface area contributed by atoms with Gasteiger partial charge in [0.15, 0.2) is 0 Å². The van der Waals surface area contributed by atoms with Crippen LogP contribution in [0.25, 0.3) is 0 Å². The van der Waals surface area contributed by atoms with Crippen LogP contribution in [0.5, 0.6) is 5.75 Å². The van der Waals surface area contributed by atoms with Crippen molar-refractivity contribution in [1.82, 2.24) is 0 Å². The van der Waals surface area contributed by atoms with Crippen molar-refractivity contribution in [1.29, 1.82) is 0 Å². The van der Waals surface area contributed by atoms with E-state index in [1.807, 2.05) is 30.3 Å². The molecule has 0 aromatic heterocycles. The number of benzene rings is 1. The molecule has 0 bridgehead atoms. The quantitative estimate of drug-likeness (QED) is 0.600. The van der Waals surface area contributed by atoms with Crippen molar-refractivity contribution in [2.24, 2.45) is 0 Å². The van der Waals surface area contributed by atoms with Gasteiger partial charge >= 0.3 is 0 Å². The lowest BCUT2D eigenvalue weighted by Gasteiger charge is -2.02. The molecule has 1 rings (SSSR count). The van der Waals surface area contributed by atoms with E-state index < -0.39 is 0 Å². The molecular formula is C9H10O2. The summed E-state index contributed by atoms with van der Waals surface area (Å²) in [5, 5.41) is 9.98. The zero-order valence-electron chi connectivity index (χ0n) is 6.19. The zero-order valence-corrected chi connectivity index (χ0v) is 6.19. The first-order chi connectivity index (χ1) is 5.43. The van der Waals surface area contributed by atoms with Crippen molar-refractivity contribution >= 4 is 0 Å². The van der Waals surface area contributed by atoms with Gasteiger partial charge in [0.25, 0.3) is 0 Å². The van der Waals surface area contributed by atoms with Gasteiger partial charge in [-0.3, -0.25) is 0 Å². The van der Waals surface area contributed by atoms with Gasteiger partial charge < -0.3 is 4.74 Å². The van der Waals surface area contributed by atoms with E-state index in [2.05, 4.69) is 0 Å². The molecule has 0 saturated heterocycles. The zero-order chi connectivity index (χ0) is 7.94. The number of rotatable bonds is 4. The first-order valence-electron chi connectivity index (χ1n) is 3.51. The fourth-order valence-electron chi connectivity index (χ4n) is 0.720. The molecule has 0 N–H and O–H groups in total. The van der Waals surface area contributed by atoms with Crippen LogP contribution in [0.15, 0.2) is 30.3 Å². The summed E-state index contributed by atoms with van der Waals surface area (Å²) in [4.78, 5) is 0. The van der Waals surface area contributed by atoms with Crippen molar-refractivity contribution < 1.29 is 9.84 Å². The summed E-state index contributed by atoms with van der Waals surface area (Å²) in [6.45, 7) is 0.209. The van der Waals surface area contributed by atoms with Crippen molar-refractivity contribution in [3.63, 3.8) is 0 Å². The maximum atomic E-state index is 9.98. The molecule has 2 nitrogen and oxygen atoms in total. The average molecular weight is 150 g/mol. The Morgan fingerprint density at radius 1 is 1.27 bits per heavy atom. The SMILES string of the molecule is [O]C[CH]COc1ccccc1. The number of hydrogen-bond donors (Lipinski definition) is 0. The van der Waals surface area contributed by atoms with Gasteiger partial charge in [-0.25, -0.2) is 5.11 Å². The van der Waals surface area contributed by atoms with Gasteiger partial charge in [-0.1, -0.05) is 18.2 Å². The summed E-state index contributed by atoms with van der Waals surface area (Å²) in [6, 6.07) is 9.43. The lowest BCUT2D eigenvalue weighted by Crippen LogP contribution is -1.99. The molecule has 0 spiro atoms. The molecule has 0 aliphatic heterocycles. The summed E-state index contributed by atoms with van der Waals surface area (Å²) in [5.74, 6) is 0.803. The molecule has 0 saturated carbocycles. The third-order valence-corrected chi connectivity index (χ3v) is 1.23. The van der Waals surface area contributed by atoms with E-state index in [4.69, 9.17) is 4.74 Å². The van der Waals surface area contributed by atoms with Crippen LogP contribution in [0.2, 0.25) is 0 Å². The second-order valence-corrected chi connectivity index (χ2v) is 2.08. The Morgan fingerprint density at radius 2 is 2.00 bits per heavy atom. The van der Waals surface area contributed by atoms with E-state index in [1.54, 1.807) is 6.42 Å². The van der Waals surface area contributed by atoms with E-state index in [0.717, 1.165) is 5.75 Å². The van der Waals surface area contributed by atoms with Gasteiger partial charge in [-0.2, -0.15) is 0 Å². The molecule has 0 amide bonds. The van der Waals surface area contributed by atoms with Gasteiger partial charge in [0.05, 0.1) is 13.2 Å². The van der Waals surface area contributed by atoms with E-state index in [-0.39, 0.29) is 6.61 Å². The standard InChI is InChI=1S/C9H10O2/c10-7-4-8-11-9-5-2-1-3-6-9/h1-6H,7-8H2. The largest absolute Gasteiger partial charge is 0.493 e. The summed E-state index contributed by atoms with van der Waals surface area (Å²) < 4.78 is 5.19. The molecule has 0 atom stereocenters. The van der Waals surface area contributed by atoms with Crippen molar-refractivity contribution in [2.45, 2.75) is 0 Å². The third-order valence-electron chi connectivity index (χ3n) is 1.23. The lowest BCUT2D eigenvalue weighted by atomic mass is 10.3. The van der Waals surface area contributed by atoms with E-state index in [9.17, 15) is 5.11 Å². The molecular weight excluding hydrogens is 140 g/mol. The Hall–Kier alpha value is -1.02. The van der Waals surface area contributed by atoms with E-state index >= 15 is 0 Å². The maximum absolute atomic E-state index is 9.98. The molecule has 0 aliphatic carbocycles. The Bertz CT molecular complexity index is 184. The molecule has 11 heavy (non-hydrogen) atoms. The molecule has 2 radical (unpaired) electrons. The molecule has 0 fully saturated rings. The predicted molar refractivity (Wildman–Crippen MR) is 41.8 cm³/mol. The molecule has 0 unspecified atom stereocenters. The highest BCUT2D eigenvalue weighted by molar-refractivity contribution is 5.20. The first kappa shape index (κ1) is 8.08. The Labute approximate surface area is 66.4 Å². The van der Waals surface area contributed by atoms with Gasteiger partial charge in [-0.05, 0) is 12.1 Å². The molecule has 1 aromatic carbocycles. The van der Waals surface area contributed by atoms with Crippen LogP contribution < -0.4 is 4.74 Å². The topological polar surface area (TPSA) is 29.1 Å². The summed E-state index contributed by atoms with van der Waals surface area (Å²) in [6.07, 6.45) is 1.55. The second kappa shape index (κ2) is 4.74. The highest BCUT2D eigenvalue weighted by atomic mass is 16.5. The average Bonchev–Trinajstić information content (AvgIpc) is 2.07. The fraction of sp³-hybridized carbons (Fsp3) is 0.222. The van der Waals surface area contributed by atoms with Gasteiger partial charge in [-0.15, -0.1) is 0 Å². The van der Waals surface area contributed by atoms with Crippen LogP contribution in [-0.4, -0.2) is 13.2 Å². The normalized spacial score (nSPS) is 9.55. The lowest BCUT2D eigenvalue weighted by molar-refractivity contribution is 0.204. The van der Waals surface area contributed by atoms with Crippen molar-refractivity contribution in [3.8, 4) is 5.75 Å². The number of para-hydroxylation sites is 1. The predicted octanol–water partition coefficient (Wildman–Crippen LogP) is 1.70. The minimum absolute atomic E-state index is 0.188. The Balaban J connectivity index is 2.28. The molecule has 1 aromatic rings. The molecule has 0 heterocycles. The van der Waals surface area contributed by atoms with Crippen LogP contribution in [0.3, 0.4) is 0 Å². The van der Waals surface area contributed by atoms with Gasteiger partial charge in [0.1, 0.15) is 5.75 Å². The Kier molecular flexibility index (Phi) is 3.48. The summed E-state index contributed by atoms with van der Waals surface area (Å²) in [5.41, 5.74) is 0. The monoisotopic (exact) mass is 150 g/mol. The van der Waals surface area contributed by atoms with Gasteiger partial charge in [0, 0.05) is 6.42 Å². The van der Waals surface area contributed by atoms with E-state index in [1.165, 1.54) is 0 Å². The first-order valence-corrected chi connectivity index (χ1v) is 3.51. The minimum Gasteiger partial charge on any atom is -0.493 e. The van der Waals surface area contributed by atoms with Crippen LogP contribution in [0, 0.1) is 6.42 Å². The van der Waals surface area contributed by atoms with Crippen LogP contribution >= 0.6 is 0 Å². The fourth-order valence-corrected chi connectivity index (χ4v) is 0.720. The molecule has 0 aliphatic rings. The third kappa shape index (κ3) is 3.05. The Morgan fingerprint density at radius 3 is 2.64 bits per heavy atom. The summed E-state index contributed by atoms with van der Waals surface area (Å²) in [7, 11) is 0. The second-order valence-electron chi connectivity index (χ2n) is 2.08. The highest BCUT2D eigenvalue weighted by Gasteiger charge is 1.89. The van der Waals surface area contributed by atoms with Crippen LogP contribution in [-0.2, 0) is 5.11 Å².